The topological polar surface area (TPSA) is 38.8 Å². The van der Waals surface area contributed by atoms with Gasteiger partial charge in [-0.05, 0) is 45.3 Å². The van der Waals surface area contributed by atoms with E-state index >= 15 is 0 Å². The van der Waals surface area contributed by atoms with Crippen LogP contribution in [0.1, 0.15) is 48.0 Å². The van der Waals surface area contributed by atoms with E-state index in [-0.39, 0.29) is 24.3 Å². The van der Waals surface area contributed by atoms with Gasteiger partial charge in [0.25, 0.3) is 0 Å². The summed E-state index contributed by atoms with van der Waals surface area (Å²) in [4.78, 5) is 14.3. The molecule has 3 atom stereocenters. The largest absolute Gasteiger partial charge is 0.444 e. The summed E-state index contributed by atoms with van der Waals surface area (Å²) in [5.41, 5.74) is -0.454. The van der Waals surface area contributed by atoms with Crippen LogP contribution in [0.15, 0.2) is 12.2 Å². The van der Waals surface area contributed by atoms with Crippen LogP contribution in [0.4, 0.5) is 4.79 Å². The Kier molecular flexibility index (Phi) is 5.07. The molecule has 3 unspecified atom stereocenters. The number of hydrogen-bond donors (Lipinski definition) is 0. The summed E-state index contributed by atoms with van der Waals surface area (Å²) in [6, 6.07) is 3.62. The number of rotatable bonds is 5. The first-order valence-electron chi connectivity index (χ1n) is 8.62. The Bertz CT molecular complexity index is 431. The van der Waals surface area contributed by atoms with E-state index in [2.05, 4.69) is 32.9 Å². The molecule has 5 heteroatoms. The molecule has 0 saturated carbocycles. The van der Waals surface area contributed by atoms with Crippen molar-refractivity contribution >= 4 is 14.4 Å². The predicted octanol–water partition coefficient (Wildman–Crippen LogP) is 4.32. The van der Waals surface area contributed by atoms with Gasteiger partial charge in [0.1, 0.15) is 5.60 Å². The third-order valence-corrected chi connectivity index (χ3v) is 9.67. The number of nitrogens with zero attached hydrogens (tertiary/aromatic N) is 1. The van der Waals surface area contributed by atoms with E-state index in [4.69, 9.17) is 9.16 Å². The van der Waals surface area contributed by atoms with Crippen LogP contribution in [0.5, 0.6) is 0 Å². The minimum absolute atomic E-state index is 0.0522. The highest BCUT2D eigenvalue weighted by Gasteiger charge is 2.49. The van der Waals surface area contributed by atoms with Crippen LogP contribution in [-0.2, 0) is 9.16 Å². The molecule has 2 bridgehead atoms. The average Bonchev–Trinajstić information content (AvgIpc) is 3.00. The van der Waals surface area contributed by atoms with Crippen LogP contribution < -0.4 is 0 Å². The van der Waals surface area contributed by atoms with E-state index in [1.165, 1.54) is 0 Å². The van der Waals surface area contributed by atoms with Gasteiger partial charge in [-0.1, -0.05) is 32.9 Å². The quantitative estimate of drug-likeness (QED) is 0.558. The minimum atomic E-state index is -1.64. The molecule has 0 N–H and O–H groups in total. The smallest absolute Gasteiger partial charge is 0.411 e. The van der Waals surface area contributed by atoms with Crippen LogP contribution in [0.25, 0.3) is 0 Å². The Morgan fingerprint density at radius 3 is 2.27 bits per heavy atom. The molecule has 1 saturated heterocycles. The number of ether oxygens (including phenoxy) is 1. The van der Waals surface area contributed by atoms with Gasteiger partial charge < -0.3 is 9.16 Å². The van der Waals surface area contributed by atoms with Crippen molar-refractivity contribution < 1.29 is 14.0 Å². The zero-order valence-corrected chi connectivity index (χ0v) is 15.9. The summed E-state index contributed by atoms with van der Waals surface area (Å²) in [7, 11) is -1.64. The number of amides is 1. The van der Waals surface area contributed by atoms with E-state index in [0.29, 0.717) is 0 Å². The second kappa shape index (κ2) is 6.36. The Labute approximate surface area is 136 Å². The van der Waals surface area contributed by atoms with Gasteiger partial charge >= 0.3 is 6.09 Å². The monoisotopic (exact) mass is 325 g/mol. The van der Waals surface area contributed by atoms with E-state index in [0.717, 1.165) is 24.6 Å². The maximum absolute atomic E-state index is 12.5. The summed E-state index contributed by atoms with van der Waals surface area (Å²) >= 11 is 0. The van der Waals surface area contributed by atoms with Crippen LogP contribution in [0, 0.1) is 0 Å². The Balaban J connectivity index is 2.07. The van der Waals surface area contributed by atoms with Crippen molar-refractivity contribution in [2.75, 3.05) is 0 Å². The summed E-state index contributed by atoms with van der Waals surface area (Å²) in [6.07, 6.45) is 5.10. The highest BCUT2D eigenvalue weighted by molar-refractivity contribution is 6.73. The van der Waals surface area contributed by atoms with Crippen LogP contribution >= 0.6 is 0 Å². The zero-order chi connectivity index (χ0) is 16.5. The Hall–Kier alpha value is -0.813. The molecule has 1 fully saturated rings. The van der Waals surface area contributed by atoms with Crippen LogP contribution in [0.3, 0.4) is 0 Å². The number of hydrogen-bond acceptors (Lipinski definition) is 3. The maximum Gasteiger partial charge on any atom is 0.411 e. The van der Waals surface area contributed by atoms with E-state index in [1.807, 2.05) is 25.7 Å². The first-order valence-corrected chi connectivity index (χ1v) is 11.2. The van der Waals surface area contributed by atoms with Crippen molar-refractivity contribution in [1.82, 2.24) is 4.90 Å². The molecule has 4 nitrogen and oxygen atoms in total. The molecule has 126 valence electrons. The van der Waals surface area contributed by atoms with Gasteiger partial charge in [0, 0.05) is 0 Å². The normalized spacial score (nSPS) is 27.5. The van der Waals surface area contributed by atoms with Crippen molar-refractivity contribution in [3.63, 3.8) is 0 Å². The second-order valence-corrected chi connectivity index (χ2v) is 12.2. The minimum Gasteiger partial charge on any atom is -0.444 e. The zero-order valence-electron chi connectivity index (χ0n) is 14.9. The highest BCUT2D eigenvalue weighted by atomic mass is 28.4. The summed E-state index contributed by atoms with van der Waals surface area (Å²) < 4.78 is 12.2. The molecule has 2 aliphatic rings. The fourth-order valence-electron chi connectivity index (χ4n) is 3.53. The van der Waals surface area contributed by atoms with Gasteiger partial charge in [0.05, 0.1) is 18.2 Å². The SMILES string of the molecule is CC[Si](CC)(CC)OC1CC2C=CC1N2C(=O)OC(C)(C)C. The molecule has 0 radical (unpaired) electrons. The molecule has 1 amide bonds. The molecule has 0 aliphatic carbocycles. The maximum atomic E-state index is 12.5. The summed E-state index contributed by atoms with van der Waals surface area (Å²) in [5, 5.41) is 0. The highest BCUT2D eigenvalue weighted by Crippen LogP contribution is 2.38. The lowest BCUT2D eigenvalue weighted by atomic mass is 10.1. The lowest BCUT2D eigenvalue weighted by Gasteiger charge is -2.34. The van der Waals surface area contributed by atoms with E-state index < -0.39 is 13.9 Å². The third kappa shape index (κ3) is 3.40. The number of carbonyl (C=O) groups is 1. The Morgan fingerprint density at radius 1 is 1.18 bits per heavy atom. The molecule has 2 rings (SSSR count). The third-order valence-electron chi connectivity index (χ3n) is 5.00. The lowest BCUT2D eigenvalue weighted by Crippen LogP contribution is -2.46. The van der Waals surface area contributed by atoms with E-state index in [1.54, 1.807) is 0 Å². The van der Waals surface area contributed by atoms with Gasteiger partial charge in [-0.3, -0.25) is 4.90 Å². The first kappa shape index (κ1) is 17.5. The summed E-state index contributed by atoms with van der Waals surface area (Å²) in [6.45, 7) is 12.5. The molecule has 0 aromatic heterocycles. The molecule has 0 spiro atoms. The van der Waals surface area contributed by atoms with Gasteiger partial charge in [-0.15, -0.1) is 0 Å². The van der Waals surface area contributed by atoms with Crippen LogP contribution in [-0.4, -0.2) is 43.1 Å². The molecule has 0 aromatic rings. The van der Waals surface area contributed by atoms with Gasteiger partial charge in [-0.2, -0.15) is 0 Å². The van der Waals surface area contributed by atoms with Crippen molar-refractivity contribution in [2.45, 2.75) is 89.9 Å². The molecule has 2 heterocycles. The fourth-order valence-corrected chi connectivity index (χ4v) is 6.41. The van der Waals surface area contributed by atoms with Gasteiger partial charge in [0.15, 0.2) is 8.32 Å². The second-order valence-electron chi connectivity index (χ2n) is 7.47. The predicted molar refractivity (Wildman–Crippen MR) is 91.5 cm³/mol. The molecule has 22 heavy (non-hydrogen) atoms. The molecular formula is C17H31NO3Si. The van der Waals surface area contributed by atoms with Crippen molar-refractivity contribution in [3.8, 4) is 0 Å². The number of carbonyl (C=O) groups excluding carboxylic acids is 1. The van der Waals surface area contributed by atoms with Gasteiger partial charge in [-0.25, -0.2) is 4.79 Å². The van der Waals surface area contributed by atoms with Gasteiger partial charge in [0.2, 0.25) is 0 Å². The van der Waals surface area contributed by atoms with E-state index in [9.17, 15) is 4.79 Å². The van der Waals surface area contributed by atoms with Crippen LogP contribution in [0.2, 0.25) is 18.1 Å². The fraction of sp³-hybridized carbons (Fsp3) is 0.824. The molecule has 0 aromatic carbocycles. The number of fused-ring (bicyclic) bond motifs is 2. The Morgan fingerprint density at radius 2 is 1.77 bits per heavy atom. The summed E-state index contributed by atoms with van der Waals surface area (Å²) in [5.74, 6) is 0. The standard InChI is InChI=1S/C17H31NO3Si/c1-7-22(8-2,9-3)21-15-12-13-10-11-14(15)18(13)16(19)20-17(4,5)6/h10-11,13-15H,7-9,12H2,1-6H3. The van der Waals surface area contributed by atoms with Crippen molar-refractivity contribution in [2.24, 2.45) is 0 Å². The molecular weight excluding hydrogens is 294 g/mol. The van der Waals surface area contributed by atoms with Crippen molar-refractivity contribution in [3.05, 3.63) is 12.2 Å². The molecule has 2 aliphatic heterocycles. The van der Waals surface area contributed by atoms with Crippen molar-refractivity contribution in [1.29, 1.82) is 0 Å². The lowest BCUT2D eigenvalue weighted by molar-refractivity contribution is 0.0198. The first-order chi connectivity index (χ1) is 10.2. The average molecular weight is 326 g/mol.